The van der Waals surface area contributed by atoms with Gasteiger partial charge >= 0.3 is 0 Å². The van der Waals surface area contributed by atoms with Crippen molar-refractivity contribution < 1.29 is 0 Å². The molecule has 0 atom stereocenters. The highest BCUT2D eigenvalue weighted by atomic mass is 79.9. The largest absolute Gasteiger partial charge is 0.384 e. The minimum absolute atomic E-state index is 0.576. The topological polar surface area (TPSA) is 12.0 Å². The van der Waals surface area contributed by atoms with Crippen molar-refractivity contribution in [3.63, 3.8) is 0 Å². The maximum absolute atomic E-state index is 6.08. The first-order valence-electron chi connectivity index (χ1n) is 4.56. The summed E-state index contributed by atoms with van der Waals surface area (Å²) in [6, 6.07) is 3.85. The molecule has 0 aliphatic heterocycles. The molecule has 1 N–H and O–H groups in total. The molecule has 2 rings (SSSR count). The van der Waals surface area contributed by atoms with Crippen LogP contribution in [0.3, 0.4) is 0 Å². The van der Waals surface area contributed by atoms with Crippen LogP contribution in [0, 0.1) is 5.92 Å². The summed E-state index contributed by atoms with van der Waals surface area (Å²) in [5.74, 6) is 0.827. The minimum Gasteiger partial charge on any atom is -0.384 e. The van der Waals surface area contributed by atoms with E-state index < -0.39 is 0 Å². The van der Waals surface area contributed by atoms with Crippen molar-refractivity contribution in [1.82, 2.24) is 0 Å². The lowest BCUT2D eigenvalue weighted by molar-refractivity contribution is 0.889. The first-order valence-corrected chi connectivity index (χ1v) is 6.10. The molecule has 1 saturated carbocycles. The quantitative estimate of drug-likeness (QED) is 0.805. The monoisotopic (exact) mass is 293 g/mol. The Kier molecular flexibility index (Phi) is 3.25. The highest BCUT2D eigenvalue weighted by molar-refractivity contribution is 9.10. The first-order chi connectivity index (χ1) is 6.68. The Hall–Kier alpha value is 0.0800. The van der Waals surface area contributed by atoms with Gasteiger partial charge in [-0.3, -0.25) is 0 Å². The Morgan fingerprint density at radius 1 is 1.29 bits per heavy atom. The van der Waals surface area contributed by atoms with Crippen LogP contribution in [-0.2, 0) is 0 Å². The van der Waals surface area contributed by atoms with Gasteiger partial charge in [0.1, 0.15) is 0 Å². The van der Waals surface area contributed by atoms with Gasteiger partial charge in [-0.1, -0.05) is 23.2 Å². The fourth-order valence-corrected chi connectivity index (χ4v) is 2.08. The van der Waals surface area contributed by atoms with Crippen LogP contribution in [0.2, 0.25) is 10.0 Å². The van der Waals surface area contributed by atoms with Crippen molar-refractivity contribution in [2.45, 2.75) is 12.8 Å². The second kappa shape index (κ2) is 4.30. The summed E-state index contributed by atoms with van der Waals surface area (Å²) in [6.07, 6.45) is 2.66. The smallest absolute Gasteiger partial charge is 0.0835 e. The van der Waals surface area contributed by atoms with E-state index in [1.165, 1.54) is 12.8 Å². The molecule has 1 aliphatic rings. The van der Waals surface area contributed by atoms with E-state index in [1.54, 1.807) is 0 Å². The van der Waals surface area contributed by atoms with E-state index >= 15 is 0 Å². The predicted molar refractivity (Wildman–Crippen MR) is 65.4 cm³/mol. The van der Waals surface area contributed by atoms with Crippen LogP contribution in [0.15, 0.2) is 16.6 Å². The number of benzene rings is 1. The van der Waals surface area contributed by atoms with Gasteiger partial charge < -0.3 is 5.32 Å². The van der Waals surface area contributed by atoms with E-state index in [0.717, 1.165) is 22.6 Å². The van der Waals surface area contributed by atoms with Crippen LogP contribution in [0.25, 0.3) is 0 Å². The van der Waals surface area contributed by atoms with Crippen LogP contribution in [0.5, 0.6) is 0 Å². The SMILES string of the molecule is Clc1c(Br)ccc(NCC2CC2)c1Cl. The second-order valence-corrected chi connectivity index (χ2v) is 5.16. The third kappa shape index (κ3) is 2.36. The molecule has 1 nitrogen and oxygen atoms in total. The molecular weight excluding hydrogens is 285 g/mol. The number of anilines is 1. The van der Waals surface area contributed by atoms with Crippen LogP contribution in [0.1, 0.15) is 12.8 Å². The van der Waals surface area contributed by atoms with Crippen molar-refractivity contribution in [3.05, 3.63) is 26.7 Å². The molecule has 1 aromatic rings. The van der Waals surface area contributed by atoms with Gasteiger partial charge in [-0.05, 0) is 46.8 Å². The summed E-state index contributed by atoms with van der Waals surface area (Å²) in [6.45, 7) is 0.998. The zero-order valence-corrected chi connectivity index (χ0v) is 10.6. The summed E-state index contributed by atoms with van der Waals surface area (Å²) in [4.78, 5) is 0. The number of rotatable bonds is 3. The number of halogens is 3. The predicted octanol–water partition coefficient (Wildman–Crippen LogP) is 4.58. The Balaban J connectivity index is 2.11. The van der Waals surface area contributed by atoms with Crippen LogP contribution >= 0.6 is 39.1 Å². The minimum atomic E-state index is 0.576. The van der Waals surface area contributed by atoms with E-state index in [0.29, 0.717) is 10.0 Å². The molecule has 14 heavy (non-hydrogen) atoms. The number of nitrogens with one attached hydrogen (secondary N) is 1. The normalized spacial score (nSPS) is 15.6. The van der Waals surface area contributed by atoms with Gasteiger partial charge in [-0.25, -0.2) is 0 Å². The summed E-state index contributed by atoms with van der Waals surface area (Å²) >= 11 is 15.4. The number of hydrogen-bond acceptors (Lipinski definition) is 1. The highest BCUT2D eigenvalue weighted by Crippen LogP contribution is 2.37. The lowest BCUT2D eigenvalue weighted by Gasteiger charge is -2.09. The van der Waals surface area contributed by atoms with E-state index in [2.05, 4.69) is 21.2 Å². The lowest BCUT2D eigenvalue weighted by Crippen LogP contribution is -2.03. The molecule has 0 spiro atoms. The zero-order chi connectivity index (χ0) is 10.1. The van der Waals surface area contributed by atoms with Crippen molar-refractivity contribution in [2.24, 2.45) is 5.92 Å². The molecular formula is C10H10BrCl2N. The molecule has 0 aromatic heterocycles. The second-order valence-electron chi connectivity index (χ2n) is 3.55. The fraction of sp³-hybridized carbons (Fsp3) is 0.400. The molecule has 4 heteroatoms. The highest BCUT2D eigenvalue weighted by Gasteiger charge is 2.21. The summed E-state index contributed by atoms with van der Waals surface area (Å²) in [5, 5.41) is 4.48. The van der Waals surface area contributed by atoms with Crippen molar-refractivity contribution in [1.29, 1.82) is 0 Å². The van der Waals surface area contributed by atoms with E-state index in [4.69, 9.17) is 23.2 Å². The molecule has 1 aliphatic carbocycles. The fourth-order valence-electron chi connectivity index (χ4n) is 1.24. The maximum Gasteiger partial charge on any atom is 0.0835 e. The van der Waals surface area contributed by atoms with Gasteiger partial charge in [0, 0.05) is 11.0 Å². The van der Waals surface area contributed by atoms with Gasteiger partial charge in [0.25, 0.3) is 0 Å². The summed E-state index contributed by atoms with van der Waals surface area (Å²) < 4.78 is 0.834. The molecule has 76 valence electrons. The van der Waals surface area contributed by atoms with Crippen LogP contribution in [-0.4, -0.2) is 6.54 Å². The molecule has 0 heterocycles. The maximum atomic E-state index is 6.08. The first kappa shape index (κ1) is 10.6. The third-order valence-corrected chi connectivity index (χ3v) is 4.08. The van der Waals surface area contributed by atoms with E-state index in [-0.39, 0.29) is 0 Å². The molecule has 0 bridgehead atoms. The molecule has 0 radical (unpaired) electrons. The van der Waals surface area contributed by atoms with Crippen LogP contribution < -0.4 is 5.32 Å². The van der Waals surface area contributed by atoms with Crippen molar-refractivity contribution in [3.8, 4) is 0 Å². The van der Waals surface area contributed by atoms with Gasteiger partial charge in [-0.15, -0.1) is 0 Å². The Morgan fingerprint density at radius 2 is 2.00 bits per heavy atom. The Bertz CT molecular complexity index is 350. The van der Waals surface area contributed by atoms with Crippen LogP contribution in [0.4, 0.5) is 5.69 Å². The molecule has 0 amide bonds. The summed E-state index contributed by atoms with van der Waals surface area (Å²) in [7, 11) is 0. The average molecular weight is 295 g/mol. The average Bonchev–Trinajstić information content (AvgIpc) is 2.97. The standard InChI is InChI=1S/C10H10BrCl2N/c11-7-3-4-8(10(13)9(7)12)14-5-6-1-2-6/h3-4,6,14H,1-2,5H2. The van der Waals surface area contributed by atoms with Gasteiger partial charge in [0.2, 0.25) is 0 Å². The molecule has 0 unspecified atom stereocenters. The molecule has 1 aromatic carbocycles. The Morgan fingerprint density at radius 3 is 2.64 bits per heavy atom. The zero-order valence-electron chi connectivity index (χ0n) is 7.49. The molecule has 1 fully saturated rings. The van der Waals surface area contributed by atoms with Gasteiger partial charge in [-0.2, -0.15) is 0 Å². The van der Waals surface area contributed by atoms with E-state index in [9.17, 15) is 0 Å². The van der Waals surface area contributed by atoms with Gasteiger partial charge in [0.05, 0.1) is 15.7 Å². The van der Waals surface area contributed by atoms with E-state index in [1.807, 2.05) is 12.1 Å². The number of hydrogen-bond donors (Lipinski definition) is 1. The van der Waals surface area contributed by atoms with Gasteiger partial charge in [0.15, 0.2) is 0 Å². The lowest BCUT2D eigenvalue weighted by atomic mass is 10.3. The third-order valence-electron chi connectivity index (χ3n) is 2.31. The Labute approximate surface area is 102 Å². The van der Waals surface area contributed by atoms with Crippen molar-refractivity contribution >= 4 is 44.8 Å². The van der Waals surface area contributed by atoms with Crippen molar-refractivity contribution in [2.75, 3.05) is 11.9 Å². The molecule has 0 saturated heterocycles. The summed E-state index contributed by atoms with van der Waals surface area (Å²) in [5.41, 5.74) is 0.923.